The number of hydrogen-bond acceptors (Lipinski definition) is 3. The van der Waals surface area contributed by atoms with E-state index in [1.165, 1.54) is 5.56 Å². The first-order chi connectivity index (χ1) is 11.7. The van der Waals surface area contributed by atoms with E-state index in [9.17, 15) is 0 Å². The standard InChI is InChI=1S/C19H26N4O/c1-3-5-13-24-18-16(7-6-12-21-18)14-22-19(20)23-17-10-8-15(4-2)9-11-17/h6-12H,3-5,13-14H2,1-2H3,(H3,20,22,23). The molecule has 0 aliphatic carbocycles. The Hall–Kier alpha value is -2.56. The van der Waals surface area contributed by atoms with Gasteiger partial charge in [-0.1, -0.05) is 38.5 Å². The van der Waals surface area contributed by atoms with Gasteiger partial charge in [0.15, 0.2) is 5.96 Å². The summed E-state index contributed by atoms with van der Waals surface area (Å²) in [4.78, 5) is 8.66. The molecule has 2 rings (SSSR count). The van der Waals surface area contributed by atoms with Gasteiger partial charge < -0.3 is 15.8 Å². The molecule has 24 heavy (non-hydrogen) atoms. The Kier molecular flexibility index (Phi) is 7.08. The van der Waals surface area contributed by atoms with Crippen LogP contribution >= 0.6 is 0 Å². The third-order valence-corrected chi connectivity index (χ3v) is 3.64. The number of aryl methyl sites for hydroxylation is 1. The number of anilines is 1. The minimum atomic E-state index is 0.377. The van der Waals surface area contributed by atoms with Crippen molar-refractivity contribution < 1.29 is 4.74 Å². The summed E-state index contributed by atoms with van der Waals surface area (Å²) in [6.45, 7) is 5.36. The fraction of sp³-hybridized carbons (Fsp3) is 0.368. The number of benzene rings is 1. The molecule has 0 fully saturated rings. The SMILES string of the molecule is CCCCOc1ncccc1CN=C(N)Nc1ccc(CC)cc1. The summed E-state index contributed by atoms with van der Waals surface area (Å²) in [7, 11) is 0. The number of aliphatic imine (C=N–C) groups is 1. The highest BCUT2D eigenvalue weighted by Crippen LogP contribution is 2.16. The molecule has 1 aromatic carbocycles. The average molecular weight is 326 g/mol. The average Bonchev–Trinajstić information content (AvgIpc) is 2.62. The second-order valence-corrected chi connectivity index (χ2v) is 5.55. The van der Waals surface area contributed by atoms with E-state index in [4.69, 9.17) is 10.5 Å². The lowest BCUT2D eigenvalue weighted by molar-refractivity contribution is 0.294. The molecule has 128 valence electrons. The topological polar surface area (TPSA) is 72.5 Å². The first kappa shape index (κ1) is 17.8. The van der Waals surface area contributed by atoms with Crippen LogP contribution in [0, 0.1) is 0 Å². The van der Waals surface area contributed by atoms with Gasteiger partial charge in [-0.25, -0.2) is 9.98 Å². The summed E-state index contributed by atoms with van der Waals surface area (Å²) >= 11 is 0. The molecule has 0 amide bonds. The van der Waals surface area contributed by atoms with Gasteiger partial charge in [-0.15, -0.1) is 0 Å². The van der Waals surface area contributed by atoms with Gasteiger partial charge in [0.2, 0.25) is 5.88 Å². The van der Waals surface area contributed by atoms with Crippen LogP contribution in [0.3, 0.4) is 0 Å². The summed E-state index contributed by atoms with van der Waals surface area (Å²) in [6.07, 6.45) is 4.85. The maximum atomic E-state index is 5.97. The van der Waals surface area contributed by atoms with E-state index >= 15 is 0 Å². The van der Waals surface area contributed by atoms with Gasteiger partial charge in [-0.3, -0.25) is 0 Å². The zero-order valence-corrected chi connectivity index (χ0v) is 14.5. The first-order valence-corrected chi connectivity index (χ1v) is 8.45. The molecule has 0 aliphatic rings. The van der Waals surface area contributed by atoms with Gasteiger partial charge in [-0.05, 0) is 36.6 Å². The largest absolute Gasteiger partial charge is 0.477 e. The molecule has 1 aromatic heterocycles. The predicted octanol–water partition coefficient (Wildman–Crippen LogP) is 3.75. The summed E-state index contributed by atoms with van der Waals surface area (Å²) in [5.74, 6) is 1.01. The van der Waals surface area contributed by atoms with Gasteiger partial charge in [0.25, 0.3) is 0 Å². The van der Waals surface area contributed by atoms with Gasteiger partial charge >= 0.3 is 0 Å². The second kappa shape index (κ2) is 9.55. The number of ether oxygens (including phenoxy) is 1. The van der Waals surface area contributed by atoms with E-state index in [2.05, 4.69) is 41.3 Å². The van der Waals surface area contributed by atoms with Crippen molar-refractivity contribution in [1.29, 1.82) is 0 Å². The van der Waals surface area contributed by atoms with Gasteiger partial charge in [0, 0.05) is 17.4 Å². The van der Waals surface area contributed by atoms with Crippen LogP contribution in [0.4, 0.5) is 5.69 Å². The molecule has 5 heteroatoms. The summed E-state index contributed by atoms with van der Waals surface area (Å²) in [5, 5.41) is 3.10. The second-order valence-electron chi connectivity index (χ2n) is 5.55. The van der Waals surface area contributed by atoms with Crippen LogP contribution in [0.15, 0.2) is 47.6 Å². The quantitative estimate of drug-likeness (QED) is 0.440. The smallest absolute Gasteiger partial charge is 0.218 e. The Bertz CT molecular complexity index is 653. The molecular weight excluding hydrogens is 300 g/mol. The lowest BCUT2D eigenvalue weighted by atomic mass is 10.1. The molecule has 0 saturated heterocycles. The number of nitrogens with one attached hydrogen (secondary N) is 1. The lowest BCUT2D eigenvalue weighted by Crippen LogP contribution is -2.22. The Labute approximate surface area is 144 Å². The molecule has 0 spiro atoms. The van der Waals surface area contributed by atoms with Crippen molar-refractivity contribution in [3.05, 3.63) is 53.7 Å². The van der Waals surface area contributed by atoms with Crippen LogP contribution in [0.5, 0.6) is 5.88 Å². The zero-order valence-electron chi connectivity index (χ0n) is 14.5. The molecular formula is C19H26N4O. The Morgan fingerprint density at radius 2 is 2.00 bits per heavy atom. The van der Waals surface area contributed by atoms with E-state index in [1.54, 1.807) is 6.20 Å². The number of guanidine groups is 1. The Morgan fingerprint density at radius 1 is 1.21 bits per heavy atom. The molecule has 1 heterocycles. The minimum Gasteiger partial charge on any atom is -0.477 e. The van der Waals surface area contributed by atoms with E-state index in [0.717, 1.165) is 30.5 Å². The highest BCUT2D eigenvalue weighted by atomic mass is 16.5. The lowest BCUT2D eigenvalue weighted by Gasteiger charge is -2.09. The monoisotopic (exact) mass is 326 g/mol. The molecule has 3 N–H and O–H groups in total. The Balaban J connectivity index is 1.96. The molecule has 5 nitrogen and oxygen atoms in total. The maximum absolute atomic E-state index is 5.97. The van der Waals surface area contributed by atoms with Gasteiger partial charge in [0.05, 0.1) is 13.2 Å². The van der Waals surface area contributed by atoms with E-state index in [-0.39, 0.29) is 0 Å². The molecule has 0 atom stereocenters. The van der Waals surface area contributed by atoms with Crippen molar-refractivity contribution in [2.45, 2.75) is 39.7 Å². The highest BCUT2D eigenvalue weighted by molar-refractivity contribution is 5.92. The fourth-order valence-electron chi connectivity index (χ4n) is 2.17. The van der Waals surface area contributed by atoms with Crippen LogP contribution in [-0.2, 0) is 13.0 Å². The minimum absolute atomic E-state index is 0.377. The van der Waals surface area contributed by atoms with Crippen molar-refractivity contribution in [2.75, 3.05) is 11.9 Å². The Morgan fingerprint density at radius 3 is 2.71 bits per heavy atom. The number of aromatic nitrogens is 1. The van der Waals surface area contributed by atoms with Crippen molar-refractivity contribution in [1.82, 2.24) is 4.98 Å². The van der Waals surface area contributed by atoms with Gasteiger partial charge in [-0.2, -0.15) is 0 Å². The van der Waals surface area contributed by atoms with Crippen LogP contribution in [0.1, 0.15) is 37.8 Å². The summed E-state index contributed by atoms with van der Waals surface area (Å²) in [6, 6.07) is 12.0. The highest BCUT2D eigenvalue weighted by Gasteiger charge is 2.04. The molecule has 2 aromatic rings. The number of pyridine rings is 1. The third-order valence-electron chi connectivity index (χ3n) is 3.64. The van der Waals surface area contributed by atoms with Crippen molar-refractivity contribution in [3.8, 4) is 5.88 Å². The summed E-state index contributed by atoms with van der Waals surface area (Å²) < 4.78 is 5.71. The van der Waals surface area contributed by atoms with Crippen molar-refractivity contribution in [3.63, 3.8) is 0 Å². The maximum Gasteiger partial charge on any atom is 0.218 e. The van der Waals surface area contributed by atoms with Crippen molar-refractivity contribution in [2.24, 2.45) is 10.7 Å². The molecule has 0 bridgehead atoms. The van der Waals surface area contributed by atoms with Crippen LogP contribution in [0.2, 0.25) is 0 Å². The fourth-order valence-corrected chi connectivity index (χ4v) is 2.17. The summed E-state index contributed by atoms with van der Waals surface area (Å²) in [5.41, 5.74) is 9.13. The van der Waals surface area contributed by atoms with Crippen LogP contribution in [0.25, 0.3) is 0 Å². The van der Waals surface area contributed by atoms with Crippen molar-refractivity contribution >= 4 is 11.6 Å². The molecule has 0 radical (unpaired) electrons. The van der Waals surface area contributed by atoms with Crippen LogP contribution < -0.4 is 15.8 Å². The number of hydrogen-bond donors (Lipinski definition) is 2. The third kappa shape index (κ3) is 5.57. The van der Waals surface area contributed by atoms with E-state index in [0.29, 0.717) is 25.0 Å². The molecule has 0 aliphatic heterocycles. The normalized spacial score (nSPS) is 11.3. The number of rotatable bonds is 8. The number of unbranched alkanes of at least 4 members (excludes halogenated alkanes) is 1. The van der Waals surface area contributed by atoms with Crippen LogP contribution in [-0.4, -0.2) is 17.6 Å². The number of nitrogens with two attached hydrogens (primary N) is 1. The zero-order chi connectivity index (χ0) is 17.2. The number of nitrogens with zero attached hydrogens (tertiary/aromatic N) is 2. The predicted molar refractivity (Wildman–Crippen MR) is 99.4 cm³/mol. The van der Waals surface area contributed by atoms with E-state index in [1.807, 2.05) is 24.3 Å². The van der Waals surface area contributed by atoms with Gasteiger partial charge in [0.1, 0.15) is 0 Å². The molecule has 0 unspecified atom stereocenters. The molecule has 0 saturated carbocycles. The first-order valence-electron chi connectivity index (χ1n) is 8.45. The van der Waals surface area contributed by atoms with E-state index < -0.39 is 0 Å².